The van der Waals surface area contributed by atoms with Gasteiger partial charge in [-0.3, -0.25) is 4.40 Å². The van der Waals surface area contributed by atoms with Gasteiger partial charge in [0.25, 0.3) is 0 Å². The molecule has 0 unspecified atom stereocenters. The van der Waals surface area contributed by atoms with Crippen molar-refractivity contribution in [2.45, 2.75) is 0 Å². The number of imidazole rings is 1. The molecule has 0 saturated carbocycles. The zero-order valence-corrected chi connectivity index (χ0v) is 11.7. The molecule has 0 fully saturated rings. The second-order valence-corrected chi connectivity index (χ2v) is 4.52. The van der Waals surface area contributed by atoms with E-state index in [1.165, 1.54) is 0 Å². The Morgan fingerprint density at radius 2 is 2.19 bits per heavy atom. The van der Waals surface area contributed by atoms with Crippen LogP contribution < -0.4 is 11.1 Å². The molecule has 0 atom stereocenters. The Bertz CT molecular complexity index is 754. The maximum absolute atomic E-state index is 5.83. The van der Waals surface area contributed by atoms with Gasteiger partial charge in [-0.05, 0) is 18.2 Å². The zero-order chi connectivity index (χ0) is 14.7. The lowest BCUT2D eigenvalue weighted by Crippen LogP contribution is -2.09. The molecule has 3 N–H and O–H groups in total. The third kappa shape index (κ3) is 2.77. The van der Waals surface area contributed by atoms with Crippen molar-refractivity contribution in [3.05, 3.63) is 36.8 Å². The van der Waals surface area contributed by atoms with Gasteiger partial charge in [0.15, 0.2) is 5.82 Å². The molecule has 0 radical (unpaired) electrons. The maximum Gasteiger partial charge on any atom is 0.180 e. The average molecular weight is 284 g/mol. The largest absolute Gasteiger partial charge is 0.398 e. The third-order valence-electron chi connectivity index (χ3n) is 3.03. The number of methoxy groups -OCH3 is 1. The van der Waals surface area contributed by atoms with Gasteiger partial charge in [-0.15, -0.1) is 0 Å². The average Bonchev–Trinajstić information content (AvgIpc) is 2.91. The van der Waals surface area contributed by atoms with E-state index in [9.17, 15) is 0 Å². The summed E-state index contributed by atoms with van der Waals surface area (Å²) in [4.78, 5) is 13.1. The first kappa shape index (κ1) is 13.3. The SMILES string of the molecule is COCCNc1ccnc(-c2cnc3ccc(N)cn23)n1. The van der Waals surface area contributed by atoms with Gasteiger partial charge in [-0.25, -0.2) is 15.0 Å². The van der Waals surface area contributed by atoms with Crippen molar-refractivity contribution in [3.63, 3.8) is 0 Å². The molecule has 0 amide bonds. The number of hydrogen-bond acceptors (Lipinski definition) is 6. The summed E-state index contributed by atoms with van der Waals surface area (Å²) >= 11 is 0. The lowest BCUT2D eigenvalue weighted by Gasteiger charge is -2.06. The van der Waals surface area contributed by atoms with E-state index in [0.717, 1.165) is 17.2 Å². The highest BCUT2D eigenvalue weighted by molar-refractivity contribution is 5.60. The van der Waals surface area contributed by atoms with Crippen LogP contribution in [0.3, 0.4) is 0 Å². The third-order valence-corrected chi connectivity index (χ3v) is 3.03. The fourth-order valence-corrected chi connectivity index (χ4v) is 2.02. The molecular formula is C14H16N6O. The van der Waals surface area contributed by atoms with Crippen LogP contribution in [-0.4, -0.2) is 39.6 Å². The highest BCUT2D eigenvalue weighted by Gasteiger charge is 2.09. The van der Waals surface area contributed by atoms with Crippen LogP contribution in [0.2, 0.25) is 0 Å². The summed E-state index contributed by atoms with van der Waals surface area (Å²) in [5, 5.41) is 3.18. The van der Waals surface area contributed by atoms with E-state index in [-0.39, 0.29) is 0 Å². The van der Waals surface area contributed by atoms with Crippen LogP contribution in [0.15, 0.2) is 36.8 Å². The zero-order valence-electron chi connectivity index (χ0n) is 11.7. The number of nitrogens with zero attached hydrogens (tertiary/aromatic N) is 4. The number of pyridine rings is 1. The Morgan fingerprint density at radius 1 is 1.29 bits per heavy atom. The minimum Gasteiger partial charge on any atom is -0.398 e. The van der Waals surface area contributed by atoms with Gasteiger partial charge in [0.05, 0.1) is 12.8 Å². The van der Waals surface area contributed by atoms with Crippen molar-refractivity contribution < 1.29 is 4.74 Å². The van der Waals surface area contributed by atoms with E-state index in [1.807, 2.05) is 28.8 Å². The second-order valence-electron chi connectivity index (χ2n) is 4.52. The molecule has 0 spiro atoms. The van der Waals surface area contributed by atoms with Crippen LogP contribution in [0.5, 0.6) is 0 Å². The molecule has 7 heteroatoms. The van der Waals surface area contributed by atoms with Crippen LogP contribution >= 0.6 is 0 Å². The fourth-order valence-electron chi connectivity index (χ4n) is 2.02. The summed E-state index contributed by atoms with van der Waals surface area (Å²) < 4.78 is 6.88. The van der Waals surface area contributed by atoms with Crippen molar-refractivity contribution in [1.29, 1.82) is 0 Å². The number of rotatable bonds is 5. The lowest BCUT2D eigenvalue weighted by molar-refractivity contribution is 0.210. The normalized spacial score (nSPS) is 10.9. The Hall–Kier alpha value is -2.67. The first-order valence-electron chi connectivity index (χ1n) is 6.57. The number of fused-ring (bicyclic) bond motifs is 1. The molecule has 3 aromatic heterocycles. The molecule has 21 heavy (non-hydrogen) atoms. The van der Waals surface area contributed by atoms with Crippen LogP contribution in [0.25, 0.3) is 17.2 Å². The van der Waals surface area contributed by atoms with Gasteiger partial charge in [0, 0.05) is 31.7 Å². The number of nitrogen functional groups attached to an aromatic ring is 1. The number of aromatic nitrogens is 4. The summed E-state index contributed by atoms with van der Waals surface area (Å²) in [5.74, 6) is 1.34. The Morgan fingerprint density at radius 3 is 3.05 bits per heavy atom. The molecule has 0 bridgehead atoms. The standard InChI is InChI=1S/C14H16N6O/c1-21-7-6-16-12-4-5-17-14(19-12)11-8-18-13-3-2-10(15)9-20(11)13/h2-5,8-9H,6-7,15H2,1H3,(H,16,17,19). The Kier molecular flexibility index (Phi) is 3.65. The predicted molar refractivity (Wildman–Crippen MR) is 81.0 cm³/mol. The second kappa shape index (κ2) is 5.76. The van der Waals surface area contributed by atoms with Crippen LogP contribution in [0.4, 0.5) is 11.5 Å². The molecule has 3 aromatic rings. The van der Waals surface area contributed by atoms with E-state index in [2.05, 4.69) is 20.3 Å². The summed E-state index contributed by atoms with van der Waals surface area (Å²) in [6.07, 6.45) is 5.26. The molecule has 0 aromatic carbocycles. The maximum atomic E-state index is 5.83. The topological polar surface area (TPSA) is 90.4 Å². The van der Waals surface area contributed by atoms with Crippen molar-refractivity contribution in [3.8, 4) is 11.5 Å². The first-order valence-corrected chi connectivity index (χ1v) is 6.57. The molecule has 0 saturated heterocycles. The van der Waals surface area contributed by atoms with E-state index < -0.39 is 0 Å². The molecular weight excluding hydrogens is 268 g/mol. The Balaban J connectivity index is 1.95. The summed E-state index contributed by atoms with van der Waals surface area (Å²) in [7, 11) is 1.66. The number of hydrogen-bond donors (Lipinski definition) is 2. The number of nitrogens with two attached hydrogens (primary N) is 1. The monoisotopic (exact) mass is 284 g/mol. The van der Waals surface area contributed by atoms with Crippen LogP contribution in [-0.2, 0) is 4.74 Å². The van der Waals surface area contributed by atoms with Gasteiger partial charge in [-0.2, -0.15) is 0 Å². The smallest absolute Gasteiger partial charge is 0.180 e. The molecule has 0 aliphatic heterocycles. The van der Waals surface area contributed by atoms with Crippen molar-refractivity contribution in [2.75, 3.05) is 31.3 Å². The van der Waals surface area contributed by atoms with Crippen molar-refractivity contribution >= 4 is 17.2 Å². The minimum atomic E-state index is 0.593. The molecule has 0 aliphatic carbocycles. The van der Waals surface area contributed by atoms with Gasteiger partial charge >= 0.3 is 0 Å². The van der Waals surface area contributed by atoms with Crippen LogP contribution in [0, 0.1) is 0 Å². The number of nitrogens with one attached hydrogen (secondary N) is 1. The van der Waals surface area contributed by atoms with Gasteiger partial charge in [0.2, 0.25) is 0 Å². The highest BCUT2D eigenvalue weighted by atomic mass is 16.5. The summed E-state index contributed by atoms with van der Waals surface area (Å²) in [6.45, 7) is 1.30. The van der Waals surface area contributed by atoms with E-state index in [0.29, 0.717) is 24.7 Å². The summed E-state index contributed by atoms with van der Waals surface area (Å²) in [6, 6.07) is 5.49. The molecule has 3 rings (SSSR count). The van der Waals surface area contributed by atoms with E-state index in [4.69, 9.17) is 10.5 Å². The molecule has 7 nitrogen and oxygen atoms in total. The first-order chi connectivity index (χ1) is 10.3. The molecule has 0 aliphatic rings. The summed E-state index contributed by atoms with van der Waals surface area (Å²) in [5.41, 5.74) is 8.09. The lowest BCUT2D eigenvalue weighted by atomic mass is 10.4. The predicted octanol–water partition coefficient (Wildman–Crippen LogP) is 1.43. The molecule has 108 valence electrons. The van der Waals surface area contributed by atoms with Gasteiger partial charge in [-0.1, -0.05) is 0 Å². The van der Waals surface area contributed by atoms with Gasteiger partial charge < -0.3 is 15.8 Å². The van der Waals surface area contributed by atoms with Gasteiger partial charge in [0.1, 0.15) is 17.2 Å². The molecule has 3 heterocycles. The fraction of sp³-hybridized carbons (Fsp3) is 0.214. The van der Waals surface area contributed by atoms with E-state index >= 15 is 0 Å². The number of ether oxygens (including phenoxy) is 1. The van der Waals surface area contributed by atoms with E-state index in [1.54, 1.807) is 19.5 Å². The number of anilines is 2. The highest BCUT2D eigenvalue weighted by Crippen LogP contribution is 2.19. The minimum absolute atomic E-state index is 0.593. The quantitative estimate of drug-likeness (QED) is 0.689. The van der Waals surface area contributed by atoms with Crippen molar-refractivity contribution in [2.24, 2.45) is 0 Å². The van der Waals surface area contributed by atoms with Crippen molar-refractivity contribution in [1.82, 2.24) is 19.4 Å². The Labute approximate surface area is 121 Å². The van der Waals surface area contributed by atoms with Crippen LogP contribution in [0.1, 0.15) is 0 Å².